The minimum atomic E-state index is -0.299. The topological polar surface area (TPSA) is 85.6 Å². The minimum Gasteiger partial charge on any atom is -0.283 e. The number of carbonyl (C=O) groups is 1. The van der Waals surface area contributed by atoms with Crippen LogP contribution in [0.5, 0.6) is 0 Å². The molecular weight excluding hydrogens is 356 g/mol. The third-order valence-corrected chi connectivity index (χ3v) is 5.38. The third-order valence-electron chi connectivity index (χ3n) is 3.39. The molecule has 1 amide bonds. The molecule has 0 aliphatic rings. The van der Waals surface area contributed by atoms with Crippen LogP contribution in [0.2, 0.25) is 0 Å². The van der Waals surface area contributed by atoms with E-state index < -0.39 is 0 Å². The summed E-state index contributed by atoms with van der Waals surface area (Å²) in [4.78, 5) is 30.1. The summed E-state index contributed by atoms with van der Waals surface area (Å²) in [7, 11) is 0. The van der Waals surface area contributed by atoms with Gasteiger partial charge in [0, 0.05) is 35.7 Å². The molecule has 7 nitrogen and oxygen atoms in total. The molecular formula is C16H12N6OS2. The molecule has 0 unspecified atom stereocenters. The van der Waals surface area contributed by atoms with Crippen LogP contribution >= 0.6 is 22.7 Å². The van der Waals surface area contributed by atoms with Crippen molar-refractivity contribution in [2.75, 3.05) is 5.32 Å². The summed E-state index contributed by atoms with van der Waals surface area (Å²) >= 11 is 2.95. The average Bonchev–Trinajstić information content (AvgIpc) is 3.36. The van der Waals surface area contributed by atoms with Gasteiger partial charge in [0.2, 0.25) is 0 Å². The highest BCUT2D eigenvalue weighted by atomic mass is 32.1. The van der Waals surface area contributed by atoms with Crippen LogP contribution in [0.4, 0.5) is 9.93 Å². The van der Waals surface area contributed by atoms with Crippen LogP contribution in [0.15, 0.2) is 48.6 Å². The zero-order chi connectivity index (χ0) is 17.2. The van der Waals surface area contributed by atoms with Gasteiger partial charge in [-0.15, -0.1) is 11.3 Å². The van der Waals surface area contributed by atoms with Gasteiger partial charge in [-0.05, 0) is 19.1 Å². The number of imidazole rings is 1. The molecule has 0 radical (unpaired) electrons. The smallest absolute Gasteiger partial charge is 0.283 e. The maximum Gasteiger partial charge on any atom is 0.333 e. The maximum atomic E-state index is 12.1. The van der Waals surface area contributed by atoms with E-state index >= 15 is 0 Å². The van der Waals surface area contributed by atoms with E-state index in [1.807, 2.05) is 24.4 Å². The van der Waals surface area contributed by atoms with Crippen molar-refractivity contribution in [3.63, 3.8) is 0 Å². The second-order valence-corrected chi connectivity index (χ2v) is 6.97. The van der Waals surface area contributed by atoms with Gasteiger partial charge < -0.3 is 0 Å². The van der Waals surface area contributed by atoms with E-state index in [0.29, 0.717) is 5.13 Å². The fraction of sp³-hybridized carbons (Fsp3) is 0.0625. The number of thiazole rings is 2. The lowest BCUT2D eigenvalue weighted by Gasteiger charge is -2.00. The normalized spacial score (nSPS) is 10.8. The van der Waals surface area contributed by atoms with Crippen molar-refractivity contribution >= 4 is 33.8 Å². The highest BCUT2D eigenvalue weighted by Gasteiger charge is 2.15. The molecule has 0 saturated heterocycles. The Bertz CT molecular complexity index is 1010. The molecule has 0 fully saturated rings. The molecule has 4 aromatic rings. The number of aryl methyl sites for hydroxylation is 1. The average molecular weight is 368 g/mol. The van der Waals surface area contributed by atoms with Crippen molar-refractivity contribution in [1.82, 2.24) is 24.5 Å². The van der Waals surface area contributed by atoms with E-state index in [1.54, 1.807) is 36.1 Å². The zero-order valence-electron chi connectivity index (χ0n) is 13.1. The predicted molar refractivity (Wildman–Crippen MR) is 97.8 cm³/mol. The molecule has 0 aliphatic carbocycles. The quantitative estimate of drug-likeness (QED) is 0.592. The number of amides is 1. The Labute approximate surface area is 151 Å². The van der Waals surface area contributed by atoms with E-state index in [0.717, 1.165) is 26.8 Å². The van der Waals surface area contributed by atoms with Crippen molar-refractivity contribution in [3.8, 4) is 21.1 Å². The standard InChI is InChI=1S/C16H12N6OS2/c1-10-13(12-8-24-14(20-12)11-3-2-4-17-7-11)25-15(19-10)21-16(23)22-6-5-18-9-22/h2-9H,1H3,(H,19,21,23). The van der Waals surface area contributed by atoms with Crippen LogP contribution in [-0.4, -0.2) is 30.5 Å². The van der Waals surface area contributed by atoms with Gasteiger partial charge >= 0.3 is 6.03 Å². The van der Waals surface area contributed by atoms with Gasteiger partial charge in [-0.3, -0.25) is 14.9 Å². The van der Waals surface area contributed by atoms with E-state index in [2.05, 4.69) is 25.3 Å². The monoisotopic (exact) mass is 368 g/mol. The van der Waals surface area contributed by atoms with Crippen molar-refractivity contribution in [2.45, 2.75) is 6.92 Å². The molecule has 0 bridgehead atoms. The lowest BCUT2D eigenvalue weighted by atomic mass is 10.3. The van der Waals surface area contributed by atoms with Gasteiger partial charge in [-0.2, -0.15) is 0 Å². The maximum absolute atomic E-state index is 12.1. The highest BCUT2D eigenvalue weighted by molar-refractivity contribution is 7.19. The lowest BCUT2D eigenvalue weighted by molar-refractivity contribution is 0.253. The first-order valence-corrected chi connectivity index (χ1v) is 9.03. The van der Waals surface area contributed by atoms with E-state index in [1.165, 1.54) is 22.2 Å². The van der Waals surface area contributed by atoms with Gasteiger partial charge in [0.05, 0.1) is 16.3 Å². The van der Waals surface area contributed by atoms with Gasteiger partial charge in [0.1, 0.15) is 11.3 Å². The SMILES string of the molecule is Cc1nc(NC(=O)n2ccnc2)sc1-c1csc(-c2cccnc2)n1. The molecule has 0 aromatic carbocycles. The van der Waals surface area contributed by atoms with Crippen molar-refractivity contribution in [3.05, 3.63) is 54.3 Å². The van der Waals surface area contributed by atoms with Crippen molar-refractivity contribution in [1.29, 1.82) is 0 Å². The van der Waals surface area contributed by atoms with Gasteiger partial charge in [0.15, 0.2) is 5.13 Å². The Hall–Kier alpha value is -2.91. The van der Waals surface area contributed by atoms with Gasteiger partial charge in [-0.1, -0.05) is 11.3 Å². The molecule has 0 aliphatic heterocycles. The summed E-state index contributed by atoms with van der Waals surface area (Å²) in [5, 5.41) is 6.19. The number of nitrogens with zero attached hydrogens (tertiary/aromatic N) is 5. The molecule has 0 saturated carbocycles. The summed E-state index contributed by atoms with van der Waals surface area (Å²) < 4.78 is 1.36. The fourth-order valence-corrected chi connectivity index (χ4v) is 4.02. The Morgan fingerprint density at radius 1 is 1.24 bits per heavy atom. The van der Waals surface area contributed by atoms with Gasteiger partial charge in [-0.25, -0.2) is 19.7 Å². The Balaban J connectivity index is 1.59. The molecule has 0 atom stereocenters. The molecule has 4 rings (SSSR count). The largest absolute Gasteiger partial charge is 0.333 e. The molecule has 0 spiro atoms. The van der Waals surface area contributed by atoms with E-state index in [-0.39, 0.29) is 6.03 Å². The van der Waals surface area contributed by atoms with Crippen LogP contribution < -0.4 is 5.32 Å². The number of carbonyl (C=O) groups excluding carboxylic acids is 1. The second-order valence-electron chi connectivity index (χ2n) is 5.11. The number of hydrogen-bond acceptors (Lipinski definition) is 7. The first-order chi connectivity index (χ1) is 12.2. The molecule has 124 valence electrons. The summed E-state index contributed by atoms with van der Waals surface area (Å²) in [6.45, 7) is 1.90. The van der Waals surface area contributed by atoms with Crippen LogP contribution in [0.25, 0.3) is 21.1 Å². The van der Waals surface area contributed by atoms with Crippen LogP contribution in [-0.2, 0) is 0 Å². The molecule has 25 heavy (non-hydrogen) atoms. The van der Waals surface area contributed by atoms with E-state index in [9.17, 15) is 4.79 Å². The third kappa shape index (κ3) is 3.19. The van der Waals surface area contributed by atoms with Crippen LogP contribution in [0.3, 0.4) is 0 Å². The number of aromatic nitrogens is 5. The number of pyridine rings is 1. The summed E-state index contributed by atoms with van der Waals surface area (Å²) in [5.41, 5.74) is 2.66. The van der Waals surface area contributed by atoms with E-state index in [4.69, 9.17) is 0 Å². The summed E-state index contributed by atoms with van der Waals surface area (Å²) in [5.74, 6) is 0. The number of nitrogens with one attached hydrogen (secondary N) is 1. The fourth-order valence-electron chi connectivity index (χ4n) is 2.22. The van der Waals surface area contributed by atoms with Crippen LogP contribution in [0.1, 0.15) is 5.69 Å². The number of rotatable bonds is 3. The Morgan fingerprint density at radius 2 is 2.16 bits per heavy atom. The summed E-state index contributed by atoms with van der Waals surface area (Å²) in [6, 6.07) is 3.57. The number of hydrogen-bond donors (Lipinski definition) is 1. The molecule has 4 heterocycles. The first-order valence-electron chi connectivity index (χ1n) is 7.34. The number of anilines is 1. The second kappa shape index (κ2) is 6.54. The van der Waals surface area contributed by atoms with Crippen LogP contribution in [0, 0.1) is 6.92 Å². The zero-order valence-corrected chi connectivity index (χ0v) is 14.7. The molecule has 1 N–H and O–H groups in total. The lowest BCUT2D eigenvalue weighted by Crippen LogP contribution is -2.17. The first kappa shape index (κ1) is 15.6. The van der Waals surface area contributed by atoms with Crippen molar-refractivity contribution in [2.24, 2.45) is 0 Å². The highest BCUT2D eigenvalue weighted by Crippen LogP contribution is 2.35. The Kier molecular flexibility index (Phi) is 4.08. The predicted octanol–water partition coefficient (Wildman–Crippen LogP) is 3.91. The van der Waals surface area contributed by atoms with Crippen molar-refractivity contribution < 1.29 is 4.79 Å². The summed E-state index contributed by atoms with van der Waals surface area (Å²) in [6.07, 6.45) is 8.10. The molecule has 9 heteroatoms. The Morgan fingerprint density at radius 3 is 2.92 bits per heavy atom. The van der Waals surface area contributed by atoms with Gasteiger partial charge in [0.25, 0.3) is 0 Å². The molecule has 4 aromatic heterocycles. The minimum absolute atomic E-state index is 0.299.